The number of nitrogens with one attached hydrogen (secondary N) is 2. The Labute approximate surface area is 243 Å². The van der Waals surface area contributed by atoms with Crippen LogP contribution in [-0.4, -0.2) is 66.1 Å². The number of sulfonamides is 1. The van der Waals surface area contributed by atoms with E-state index in [4.69, 9.17) is 0 Å². The van der Waals surface area contributed by atoms with Crippen LogP contribution in [0.15, 0.2) is 77.7 Å². The molecular weight excluding hydrogens is 568 g/mol. The fourth-order valence-corrected chi connectivity index (χ4v) is 6.31. The average molecular weight is 602 g/mol. The zero-order valence-corrected chi connectivity index (χ0v) is 23.6. The maximum Gasteiger partial charge on any atom is 0.251 e. The lowest BCUT2D eigenvalue weighted by Gasteiger charge is -2.28. The van der Waals surface area contributed by atoms with E-state index in [0.717, 1.165) is 30.5 Å². The number of carbonyl (C=O) groups is 2. The molecule has 12 heteroatoms. The minimum Gasteiger partial charge on any atom is -0.390 e. The van der Waals surface area contributed by atoms with Gasteiger partial charge in [0.25, 0.3) is 5.91 Å². The molecule has 1 saturated heterocycles. The summed E-state index contributed by atoms with van der Waals surface area (Å²) >= 11 is 0. The first-order chi connectivity index (χ1) is 20.0. The van der Waals surface area contributed by atoms with Gasteiger partial charge in [0.1, 0.15) is 17.7 Å². The highest BCUT2D eigenvalue weighted by atomic mass is 32.2. The summed E-state index contributed by atoms with van der Waals surface area (Å²) in [5.74, 6) is -3.00. The van der Waals surface area contributed by atoms with E-state index in [2.05, 4.69) is 10.6 Å². The predicted octanol–water partition coefficient (Wildman–Crippen LogP) is 2.52. The van der Waals surface area contributed by atoms with E-state index in [0.29, 0.717) is 19.2 Å². The van der Waals surface area contributed by atoms with Crippen LogP contribution in [0, 0.1) is 11.6 Å². The van der Waals surface area contributed by atoms with Gasteiger partial charge < -0.3 is 20.8 Å². The number of aliphatic hydroxyl groups excluding tert-OH is 2. The molecule has 0 radical (unpaired) electrons. The summed E-state index contributed by atoms with van der Waals surface area (Å²) in [6.45, 7) is 1.06. The summed E-state index contributed by atoms with van der Waals surface area (Å²) in [4.78, 5) is 25.6. The molecule has 0 aromatic heterocycles. The van der Waals surface area contributed by atoms with Gasteiger partial charge in [-0.1, -0.05) is 30.3 Å². The predicted molar refractivity (Wildman–Crippen MR) is 151 cm³/mol. The van der Waals surface area contributed by atoms with Crippen molar-refractivity contribution in [2.24, 2.45) is 0 Å². The SMILES string of the molecule is O=C(CC(O)C(O)C(Cc1cc(F)cc(F)c1)NC(=O)c1ccc(S(=O)(=O)N2CCCC2)cc1)NCc1ccccc1. The fourth-order valence-electron chi connectivity index (χ4n) is 4.79. The lowest BCUT2D eigenvalue weighted by atomic mass is 9.95. The molecule has 0 bridgehead atoms. The van der Waals surface area contributed by atoms with Crippen LogP contribution in [0.25, 0.3) is 0 Å². The Balaban J connectivity index is 1.46. The molecule has 3 aromatic carbocycles. The highest BCUT2D eigenvalue weighted by Gasteiger charge is 2.31. The van der Waals surface area contributed by atoms with Gasteiger partial charge in [-0.3, -0.25) is 9.59 Å². The first kappa shape index (κ1) is 31.2. The van der Waals surface area contributed by atoms with Crippen molar-refractivity contribution in [3.63, 3.8) is 0 Å². The first-order valence-electron chi connectivity index (χ1n) is 13.6. The molecule has 3 atom stereocenters. The Morgan fingerprint density at radius 3 is 2.12 bits per heavy atom. The van der Waals surface area contributed by atoms with E-state index in [1.807, 2.05) is 30.3 Å². The summed E-state index contributed by atoms with van der Waals surface area (Å²) < 4.78 is 54.7. The van der Waals surface area contributed by atoms with Crippen LogP contribution < -0.4 is 10.6 Å². The summed E-state index contributed by atoms with van der Waals surface area (Å²) in [7, 11) is -3.69. The van der Waals surface area contributed by atoms with Gasteiger partial charge in [0.2, 0.25) is 15.9 Å². The summed E-state index contributed by atoms with van der Waals surface area (Å²) in [6, 6.07) is 15.8. The highest BCUT2D eigenvalue weighted by Crippen LogP contribution is 2.21. The Kier molecular flexibility index (Phi) is 10.4. The molecule has 1 fully saturated rings. The van der Waals surface area contributed by atoms with Crippen molar-refractivity contribution in [1.82, 2.24) is 14.9 Å². The quantitative estimate of drug-likeness (QED) is 0.252. The van der Waals surface area contributed by atoms with Gasteiger partial charge in [-0.25, -0.2) is 17.2 Å². The number of aliphatic hydroxyl groups is 2. The van der Waals surface area contributed by atoms with Crippen molar-refractivity contribution in [1.29, 1.82) is 0 Å². The minimum atomic E-state index is -3.69. The largest absolute Gasteiger partial charge is 0.390 e. The van der Waals surface area contributed by atoms with E-state index in [1.165, 1.54) is 28.6 Å². The maximum atomic E-state index is 13.9. The van der Waals surface area contributed by atoms with Gasteiger partial charge in [-0.2, -0.15) is 4.31 Å². The summed E-state index contributed by atoms with van der Waals surface area (Å²) in [5.41, 5.74) is 0.996. The van der Waals surface area contributed by atoms with Crippen LogP contribution >= 0.6 is 0 Å². The lowest BCUT2D eigenvalue weighted by molar-refractivity contribution is -0.125. The number of benzene rings is 3. The normalized spacial score (nSPS) is 16.0. The molecular formula is C30H33F2N3O6S. The number of hydrogen-bond donors (Lipinski definition) is 4. The molecule has 4 rings (SSSR count). The number of hydrogen-bond acceptors (Lipinski definition) is 6. The second kappa shape index (κ2) is 14.0. The second-order valence-corrected chi connectivity index (χ2v) is 12.2. The van der Waals surface area contributed by atoms with Crippen molar-refractivity contribution in [2.45, 2.75) is 55.4 Å². The van der Waals surface area contributed by atoms with Crippen LogP contribution in [-0.2, 0) is 27.8 Å². The molecule has 4 N–H and O–H groups in total. The van der Waals surface area contributed by atoms with Crippen LogP contribution in [0.4, 0.5) is 8.78 Å². The van der Waals surface area contributed by atoms with E-state index < -0.39 is 58.1 Å². The van der Waals surface area contributed by atoms with Gasteiger partial charge in [0.05, 0.1) is 23.5 Å². The van der Waals surface area contributed by atoms with Crippen LogP contribution in [0.2, 0.25) is 0 Å². The highest BCUT2D eigenvalue weighted by molar-refractivity contribution is 7.89. The van der Waals surface area contributed by atoms with Crippen LogP contribution in [0.1, 0.15) is 40.7 Å². The smallest absolute Gasteiger partial charge is 0.251 e. The van der Waals surface area contributed by atoms with E-state index in [-0.39, 0.29) is 29.0 Å². The zero-order chi connectivity index (χ0) is 30.3. The molecule has 1 heterocycles. The third kappa shape index (κ3) is 8.19. The standard InChI is InChI=1S/C30H33F2N3O6S/c31-23-14-21(15-24(32)17-23)16-26(29(38)27(36)18-28(37)33-19-20-6-2-1-3-7-20)34-30(39)22-8-10-25(11-9-22)42(40,41)35-12-4-5-13-35/h1-3,6-11,14-15,17,26-27,29,36,38H,4-5,12-13,16,18-19H2,(H,33,37)(H,34,39). The fraction of sp³-hybridized carbons (Fsp3) is 0.333. The molecule has 0 aliphatic carbocycles. The Morgan fingerprint density at radius 2 is 1.50 bits per heavy atom. The monoisotopic (exact) mass is 601 g/mol. The maximum absolute atomic E-state index is 13.9. The molecule has 9 nitrogen and oxygen atoms in total. The molecule has 224 valence electrons. The number of carbonyl (C=O) groups excluding carboxylic acids is 2. The third-order valence-corrected chi connectivity index (χ3v) is 8.96. The molecule has 3 aromatic rings. The van der Waals surface area contributed by atoms with Crippen molar-refractivity contribution in [3.8, 4) is 0 Å². The second-order valence-electron chi connectivity index (χ2n) is 10.2. The topological polar surface area (TPSA) is 136 Å². The zero-order valence-electron chi connectivity index (χ0n) is 22.7. The Hall–Kier alpha value is -3.71. The van der Waals surface area contributed by atoms with E-state index in [9.17, 15) is 37.0 Å². The molecule has 2 amide bonds. The first-order valence-corrected chi connectivity index (χ1v) is 15.0. The molecule has 1 aliphatic rings. The van der Waals surface area contributed by atoms with Crippen LogP contribution in [0.5, 0.6) is 0 Å². The molecule has 1 aliphatic heterocycles. The van der Waals surface area contributed by atoms with Gasteiger partial charge in [0, 0.05) is 31.3 Å². The van der Waals surface area contributed by atoms with Crippen LogP contribution in [0.3, 0.4) is 0 Å². The number of nitrogens with zero attached hydrogens (tertiary/aromatic N) is 1. The molecule has 42 heavy (non-hydrogen) atoms. The number of rotatable bonds is 12. The van der Waals surface area contributed by atoms with Crippen molar-refractivity contribution < 1.29 is 37.0 Å². The molecule has 0 saturated carbocycles. The van der Waals surface area contributed by atoms with E-state index >= 15 is 0 Å². The summed E-state index contributed by atoms with van der Waals surface area (Å²) in [5, 5.41) is 26.8. The average Bonchev–Trinajstić information content (AvgIpc) is 3.52. The van der Waals surface area contributed by atoms with E-state index in [1.54, 1.807) is 0 Å². The lowest BCUT2D eigenvalue weighted by Crippen LogP contribution is -2.50. The third-order valence-electron chi connectivity index (χ3n) is 7.05. The Bertz CT molecular complexity index is 1460. The number of amides is 2. The number of halogens is 2. The van der Waals surface area contributed by atoms with Gasteiger partial charge in [-0.05, 0) is 66.8 Å². The van der Waals surface area contributed by atoms with Crippen molar-refractivity contribution in [2.75, 3.05) is 13.1 Å². The summed E-state index contributed by atoms with van der Waals surface area (Å²) in [6.07, 6.45) is -2.54. The molecule has 0 spiro atoms. The van der Waals surface area contributed by atoms with Gasteiger partial charge in [0.15, 0.2) is 0 Å². The Morgan fingerprint density at radius 1 is 0.881 bits per heavy atom. The minimum absolute atomic E-state index is 0.0321. The molecule has 3 unspecified atom stereocenters. The van der Waals surface area contributed by atoms with Gasteiger partial charge in [-0.15, -0.1) is 0 Å². The van der Waals surface area contributed by atoms with Crippen molar-refractivity contribution >= 4 is 21.8 Å². The van der Waals surface area contributed by atoms with Gasteiger partial charge >= 0.3 is 0 Å². The van der Waals surface area contributed by atoms with Crippen molar-refractivity contribution in [3.05, 3.63) is 101 Å².